The third-order valence-electron chi connectivity index (χ3n) is 2.89. The molecule has 0 bridgehead atoms. The first-order chi connectivity index (χ1) is 9.49. The lowest BCUT2D eigenvalue weighted by Crippen LogP contribution is -2.26. The van der Waals surface area contributed by atoms with Crippen LogP contribution in [0, 0.1) is 5.92 Å². The molecule has 0 atom stereocenters. The van der Waals surface area contributed by atoms with E-state index in [1.807, 2.05) is 20.2 Å². The van der Waals surface area contributed by atoms with Crippen molar-refractivity contribution in [3.63, 3.8) is 0 Å². The zero-order valence-corrected chi connectivity index (χ0v) is 12.9. The van der Waals surface area contributed by atoms with Crippen molar-refractivity contribution in [1.82, 2.24) is 15.2 Å². The molecule has 0 radical (unpaired) electrons. The van der Waals surface area contributed by atoms with Crippen LogP contribution in [0.3, 0.4) is 0 Å². The van der Waals surface area contributed by atoms with Gasteiger partial charge in [0.1, 0.15) is 5.69 Å². The first-order valence-corrected chi connectivity index (χ1v) is 7.12. The van der Waals surface area contributed by atoms with Crippen LogP contribution >= 0.6 is 0 Å². The standard InChI is InChI=1S/C15H26N4O/c1-12(2)5-7-18-15(20)14-11-13(6-8-17-14)16-9-10-19(3)4/h6,8,11-12H,5,7,9-10H2,1-4H3,(H,16,17)(H,18,20). The average molecular weight is 278 g/mol. The Balaban J connectivity index is 2.47. The summed E-state index contributed by atoms with van der Waals surface area (Å²) >= 11 is 0. The second-order valence-electron chi connectivity index (χ2n) is 5.60. The van der Waals surface area contributed by atoms with E-state index in [0.717, 1.165) is 25.2 Å². The summed E-state index contributed by atoms with van der Waals surface area (Å²) in [4.78, 5) is 18.2. The number of hydrogen-bond donors (Lipinski definition) is 2. The van der Waals surface area contributed by atoms with Crippen LogP contribution in [0.1, 0.15) is 30.8 Å². The fourth-order valence-corrected chi connectivity index (χ4v) is 1.65. The van der Waals surface area contributed by atoms with E-state index in [4.69, 9.17) is 0 Å². The van der Waals surface area contributed by atoms with E-state index in [0.29, 0.717) is 18.2 Å². The zero-order valence-electron chi connectivity index (χ0n) is 12.9. The largest absolute Gasteiger partial charge is 0.384 e. The SMILES string of the molecule is CC(C)CCNC(=O)c1cc(NCCN(C)C)ccn1. The highest BCUT2D eigenvalue weighted by Crippen LogP contribution is 2.07. The normalized spacial score (nSPS) is 10.9. The summed E-state index contributed by atoms with van der Waals surface area (Å²) in [6.07, 6.45) is 2.64. The number of carbonyl (C=O) groups excluding carboxylic acids is 1. The van der Waals surface area contributed by atoms with Gasteiger partial charge in [-0.15, -0.1) is 0 Å². The topological polar surface area (TPSA) is 57.3 Å². The van der Waals surface area contributed by atoms with Gasteiger partial charge in [0.2, 0.25) is 0 Å². The molecule has 2 N–H and O–H groups in total. The van der Waals surface area contributed by atoms with Crippen LogP contribution in [0.5, 0.6) is 0 Å². The number of nitrogens with zero attached hydrogens (tertiary/aromatic N) is 2. The summed E-state index contributed by atoms with van der Waals surface area (Å²) in [5, 5.41) is 6.18. The van der Waals surface area contributed by atoms with Crippen LogP contribution in [0.25, 0.3) is 0 Å². The molecule has 1 aromatic heterocycles. The number of likely N-dealkylation sites (N-methyl/N-ethyl adjacent to an activating group) is 1. The summed E-state index contributed by atoms with van der Waals surface area (Å²) in [5.41, 5.74) is 1.39. The summed E-state index contributed by atoms with van der Waals surface area (Å²) in [7, 11) is 4.06. The second kappa shape index (κ2) is 8.53. The van der Waals surface area contributed by atoms with Crippen LogP contribution in [0.4, 0.5) is 5.69 Å². The molecule has 0 unspecified atom stereocenters. The van der Waals surface area contributed by atoms with E-state index in [1.165, 1.54) is 0 Å². The van der Waals surface area contributed by atoms with Gasteiger partial charge >= 0.3 is 0 Å². The van der Waals surface area contributed by atoms with Gasteiger partial charge in [0, 0.05) is 31.5 Å². The van der Waals surface area contributed by atoms with Gasteiger partial charge in [0.25, 0.3) is 5.91 Å². The third-order valence-corrected chi connectivity index (χ3v) is 2.89. The molecule has 0 spiro atoms. The van der Waals surface area contributed by atoms with Crippen molar-refractivity contribution in [2.75, 3.05) is 39.0 Å². The molecule has 0 aliphatic carbocycles. The highest BCUT2D eigenvalue weighted by Gasteiger charge is 2.07. The van der Waals surface area contributed by atoms with Gasteiger partial charge in [-0.05, 0) is 38.6 Å². The molecule has 1 rings (SSSR count). The van der Waals surface area contributed by atoms with Crippen molar-refractivity contribution >= 4 is 11.6 Å². The molecule has 0 aliphatic rings. The predicted octanol–water partition coefficient (Wildman–Crippen LogP) is 1.83. The maximum Gasteiger partial charge on any atom is 0.269 e. The third kappa shape index (κ3) is 6.52. The van der Waals surface area contributed by atoms with Crippen LogP contribution in [0.2, 0.25) is 0 Å². The maximum atomic E-state index is 12.0. The minimum atomic E-state index is -0.109. The lowest BCUT2D eigenvalue weighted by Gasteiger charge is -2.12. The summed E-state index contributed by atoms with van der Waals surface area (Å²) in [6, 6.07) is 3.67. The number of anilines is 1. The Hall–Kier alpha value is -1.62. The number of pyridine rings is 1. The van der Waals surface area contributed by atoms with Crippen molar-refractivity contribution in [1.29, 1.82) is 0 Å². The minimum absolute atomic E-state index is 0.109. The summed E-state index contributed by atoms with van der Waals surface area (Å²) < 4.78 is 0. The highest BCUT2D eigenvalue weighted by molar-refractivity contribution is 5.93. The van der Waals surface area contributed by atoms with Gasteiger partial charge in [-0.3, -0.25) is 9.78 Å². The number of nitrogens with one attached hydrogen (secondary N) is 2. The molecule has 1 aromatic rings. The number of carbonyl (C=O) groups is 1. The molecule has 0 saturated heterocycles. The van der Waals surface area contributed by atoms with E-state index in [-0.39, 0.29) is 5.91 Å². The highest BCUT2D eigenvalue weighted by atomic mass is 16.1. The van der Waals surface area contributed by atoms with E-state index < -0.39 is 0 Å². The Kier molecular flexibility index (Phi) is 7.01. The molecule has 1 heterocycles. The molecule has 5 nitrogen and oxygen atoms in total. The molecule has 0 aromatic carbocycles. The molecule has 0 saturated carbocycles. The fourth-order valence-electron chi connectivity index (χ4n) is 1.65. The monoisotopic (exact) mass is 278 g/mol. The fraction of sp³-hybridized carbons (Fsp3) is 0.600. The van der Waals surface area contributed by atoms with Gasteiger partial charge in [-0.25, -0.2) is 0 Å². The minimum Gasteiger partial charge on any atom is -0.384 e. The Morgan fingerprint density at radius 3 is 2.75 bits per heavy atom. The maximum absolute atomic E-state index is 12.0. The van der Waals surface area contributed by atoms with E-state index in [9.17, 15) is 4.79 Å². The molecule has 1 amide bonds. The smallest absolute Gasteiger partial charge is 0.269 e. The van der Waals surface area contributed by atoms with Crippen LogP contribution in [-0.2, 0) is 0 Å². The van der Waals surface area contributed by atoms with Crippen molar-refractivity contribution in [2.24, 2.45) is 5.92 Å². The molecule has 20 heavy (non-hydrogen) atoms. The second-order valence-corrected chi connectivity index (χ2v) is 5.60. The number of rotatable bonds is 8. The van der Waals surface area contributed by atoms with E-state index >= 15 is 0 Å². The van der Waals surface area contributed by atoms with E-state index in [2.05, 4.69) is 34.4 Å². The van der Waals surface area contributed by atoms with Gasteiger partial charge in [0.15, 0.2) is 0 Å². The molecular formula is C15H26N4O. The van der Waals surface area contributed by atoms with Crippen molar-refractivity contribution in [3.05, 3.63) is 24.0 Å². The van der Waals surface area contributed by atoms with Crippen LogP contribution < -0.4 is 10.6 Å². The number of hydrogen-bond acceptors (Lipinski definition) is 4. The Bertz CT molecular complexity index is 418. The Morgan fingerprint density at radius 2 is 2.10 bits per heavy atom. The molecule has 0 aliphatic heterocycles. The molecular weight excluding hydrogens is 252 g/mol. The van der Waals surface area contributed by atoms with Crippen molar-refractivity contribution in [2.45, 2.75) is 20.3 Å². The number of amides is 1. The summed E-state index contributed by atoms with van der Waals surface area (Å²) in [6.45, 7) is 6.75. The van der Waals surface area contributed by atoms with Crippen molar-refractivity contribution < 1.29 is 4.79 Å². The summed E-state index contributed by atoms with van der Waals surface area (Å²) in [5.74, 6) is 0.476. The van der Waals surface area contributed by atoms with Gasteiger partial charge in [0.05, 0.1) is 0 Å². The molecule has 112 valence electrons. The van der Waals surface area contributed by atoms with Crippen LogP contribution in [-0.4, -0.2) is 49.5 Å². The molecule has 0 fully saturated rings. The predicted molar refractivity (Wildman–Crippen MR) is 83.1 cm³/mol. The zero-order chi connectivity index (χ0) is 15.0. The van der Waals surface area contributed by atoms with Crippen LogP contribution in [0.15, 0.2) is 18.3 Å². The first kappa shape index (κ1) is 16.4. The Morgan fingerprint density at radius 1 is 1.35 bits per heavy atom. The van der Waals surface area contributed by atoms with Crippen molar-refractivity contribution in [3.8, 4) is 0 Å². The Labute approximate surface area is 121 Å². The average Bonchev–Trinajstić information content (AvgIpc) is 2.38. The van der Waals surface area contributed by atoms with Gasteiger partial charge < -0.3 is 15.5 Å². The first-order valence-electron chi connectivity index (χ1n) is 7.12. The number of aromatic nitrogens is 1. The van der Waals surface area contributed by atoms with Gasteiger partial charge in [-0.2, -0.15) is 0 Å². The molecule has 5 heteroatoms. The quantitative estimate of drug-likeness (QED) is 0.762. The van der Waals surface area contributed by atoms with E-state index in [1.54, 1.807) is 12.3 Å². The lowest BCUT2D eigenvalue weighted by molar-refractivity contribution is 0.0947. The van der Waals surface area contributed by atoms with Gasteiger partial charge in [-0.1, -0.05) is 13.8 Å². The lowest BCUT2D eigenvalue weighted by atomic mass is 10.1.